The maximum atomic E-state index is 12.2. The highest BCUT2D eigenvalue weighted by molar-refractivity contribution is 5.98. The summed E-state index contributed by atoms with van der Waals surface area (Å²) in [4.78, 5) is 23.3. The zero-order valence-electron chi connectivity index (χ0n) is 12.3. The molecule has 1 atom stereocenters. The number of ether oxygens (including phenoxy) is 1. The van der Waals surface area contributed by atoms with E-state index in [-0.39, 0.29) is 17.5 Å². The van der Waals surface area contributed by atoms with Crippen molar-refractivity contribution >= 4 is 17.6 Å². The lowest BCUT2D eigenvalue weighted by Gasteiger charge is -2.16. The molecule has 0 spiro atoms. The zero-order chi connectivity index (χ0) is 16.0. The first kappa shape index (κ1) is 16.4. The molecule has 1 amide bonds. The zero-order valence-corrected chi connectivity index (χ0v) is 12.3. The highest BCUT2D eigenvalue weighted by Crippen LogP contribution is 2.21. The Kier molecular flexibility index (Phi) is 5.59. The van der Waals surface area contributed by atoms with Crippen molar-refractivity contribution < 1.29 is 14.3 Å². The van der Waals surface area contributed by atoms with Crippen molar-refractivity contribution in [3.05, 3.63) is 35.7 Å². The van der Waals surface area contributed by atoms with Gasteiger partial charge in [0.15, 0.2) is 0 Å². The van der Waals surface area contributed by atoms with Gasteiger partial charge in [0.25, 0.3) is 5.91 Å². The Balaban J connectivity index is 2.88. The van der Waals surface area contributed by atoms with Crippen molar-refractivity contribution in [1.29, 1.82) is 0 Å². The average Bonchev–Trinajstić information content (AvgIpc) is 2.37. The van der Waals surface area contributed by atoms with E-state index in [4.69, 9.17) is 16.2 Å². The predicted molar refractivity (Wildman–Crippen MR) is 80.2 cm³/mol. The molecule has 6 N–H and O–H groups in total. The van der Waals surface area contributed by atoms with Gasteiger partial charge in [0.1, 0.15) is 5.75 Å². The molecule has 0 aliphatic rings. The number of carbonyl (C=O) groups excluding carboxylic acids is 2. The Hall–Kier alpha value is -2.70. The molecule has 0 fully saturated rings. The highest BCUT2D eigenvalue weighted by Gasteiger charge is 2.16. The van der Waals surface area contributed by atoms with Crippen LogP contribution in [0.3, 0.4) is 0 Å². The van der Waals surface area contributed by atoms with Gasteiger partial charge in [-0.1, -0.05) is 0 Å². The molecule has 0 saturated carbocycles. The fraction of sp³-hybridized carbons (Fsp3) is 0.286. The molecule has 7 nitrogen and oxygen atoms in total. The molecule has 0 radical (unpaired) electrons. The molecule has 21 heavy (non-hydrogen) atoms. The van der Waals surface area contributed by atoms with Crippen LogP contribution in [0.15, 0.2) is 30.1 Å². The molecule has 0 aromatic heterocycles. The number of benzene rings is 1. The molecule has 0 aliphatic heterocycles. The summed E-state index contributed by atoms with van der Waals surface area (Å²) in [6, 6.07) is 4.48. The van der Waals surface area contributed by atoms with Crippen molar-refractivity contribution in [2.45, 2.75) is 26.9 Å². The lowest BCUT2D eigenvalue weighted by atomic mass is 10.1. The Morgan fingerprint density at radius 3 is 2.57 bits per heavy atom. The Morgan fingerprint density at radius 1 is 1.33 bits per heavy atom. The number of amides is 1. The monoisotopic (exact) mass is 292 g/mol. The van der Waals surface area contributed by atoms with E-state index in [0.29, 0.717) is 11.4 Å². The lowest BCUT2D eigenvalue weighted by Crippen LogP contribution is -2.41. The van der Waals surface area contributed by atoms with Crippen molar-refractivity contribution in [3.63, 3.8) is 0 Å². The Morgan fingerprint density at radius 2 is 2.00 bits per heavy atom. The number of nitrogen functional groups attached to an aromatic ring is 1. The molecule has 7 heteroatoms. The van der Waals surface area contributed by atoms with Crippen LogP contribution in [0.4, 0.5) is 5.69 Å². The quantitative estimate of drug-likeness (QED) is 0.274. The van der Waals surface area contributed by atoms with E-state index in [2.05, 4.69) is 10.6 Å². The second kappa shape index (κ2) is 7.18. The smallest absolute Gasteiger partial charge is 0.308 e. The normalized spacial score (nSPS) is 12.4. The summed E-state index contributed by atoms with van der Waals surface area (Å²) in [5, 5.41) is 5.59. The minimum atomic E-state index is -0.512. The summed E-state index contributed by atoms with van der Waals surface area (Å²) in [7, 11) is 0. The fourth-order valence-electron chi connectivity index (χ4n) is 1.54. The molecular weight excluding hydrogens is 272 g/mol. The number of allylic oxidation sites excluding steroid dienone is 1. The van der Waals surface area contributed by atoms with Gasteiger partial charge in [0, 0.05) is 24.5 Å². The van der Waals surface area contributed by atoms with Crippen LogP contribution in [0.1, 0.15) is 31.1 Å². The summed E-state index contributed by atoms with van der Waals surface area (Å²) in [5.74, 6) is -0.768. The van der Waals surface area contributed by atoms with E-state index in [1.165, 1.54) is 19.1 Å². The van der Waals surface area contributed by atoms with E-state index in [1.54, 1.807) is 26.1 Å². The molecule has 1 aromatic rings. The number of nitrogens with one attached hydrogen (secondary N) is 2. The van der Waals surface area contributed by atoms with Crippen LogP contribution < -0.4 is 26.8 Å². The van der Waals surface area contributed by atoms with Crippen LogP contribution in [0.5, 0.6) is 5.75 Å². The largest absolute Gasteiger partial charge is 0.426 e. The lowest BCUT2D eigenvalue weighted by molar-refractivity contribution is -0.131. The predicted octanol–water partition coefficient (Wildman–Crippen LogP) is 0.680. The first-order valence-corrected chi connectivity index (χ1v) is 6.36. The maximum Gasteiger partial charge on any atom is 0.308 e. The Bertz CT molecular complexity index is 565. The van der Waals surface area contributed by atoms with Crippen molar-refractivity contribution in [2.75, 3.05) is 5.73 Å². The average molecular weight is 292 g/mol. The van der Waals surface area contributed by atoms with E-state index < -0.39 is 11.9 Å². The van der Waals surface area contributed by atoms with Crippen molar-refractivity contribution in [2.24, 2.45) is 5.73 Å². The highest BCUT2D eigenvalue weighted by atomic mass is 16.5. The van der Waals surface area contributed by atoms with E-state index in [9.17, 15) is 9.59 Å². The first-order valence-electron chi connectivity index (χ1n) is 6.36. The van der Waals surface area contributed by atoms with Gasteiger partial charge in [-0.25, -0.2) is 0 Å². The van der Waals surface area contributed by atoms with Crippen LogP contribution in [-0.2, 0) is 4.79 Å². The van der Waals surface area contributed by atoms with E-state index >= 15 is 0 Å². The molecule has 0 aliphatic carbocycles. The molecule has 0 bridgehead atoms. The van der Waals surface area contributed by atoms with E-state index in [0.717, 1.165) is 0 Å². The third-order valence-electron chi connectivity index (χ3n) is 2.41. The second-order valence-electron chi connectivity index (χ2n) is 4.60. The standard InChI is InChI=1S/C14H20N4O3/c1-8(15)7-17-9(2)18-14(20)12-6-11(16)4-5-13(12)21-10(3)19/h4-7,9,17H,15-16H2,1-3H3,(H,18,20)/b8-7+. The number of hydrogen-bond acceptors (Lipinski definition) is 6. The number of hydrogen-bond donors (Lipinski definition) is 4. The summed E-state index contributed by atoms with van der Waals surface area (Å²) >= 11 is 0. The molecule has 1 rings (SSSR count). The SMILES string of the molecule is CC(=O)Oc1ccc(N)cc1C(=O)NC(C)N/C=C(\C)N. The van der Waals surface area contributed by atoms with Gasteiger partial charge in [0.2, 0.25) is 0 Å². The molecule has 1 unspecified atom stereocenters. The van der Waals surface area contributed by atoms with Crippen molar-refractivity contribution in [1.82, 2.24) is 10.6 Å². The minimum Gasteiger partial charge on any atom is -0.426 e. The molecule has 0 saturated heterocycles. The maximum absolute atomic E-state index is 12.2. The minimum absolute atomic E-state index is 0.159. The van der Waals surface area contributed by atoms with Gasteiger partial charge in [-0.05, 0) is 32.0 Å². The number of nitrogens with two attached hydrogens (primary N) is 2. The third-order valence-corrected chi connectivity index (χ3v) is 2.41. The second-order valence-corrected chi connectivity index (χ2v) is 4.60. The molecule has 0 heterocycles. The van der Waals surface area contributed by atoms with Gasteiger partial charge in [0.05, 0.1) is 11.7 Å². The van der Waals surface area contributed by atoms with Gasteiger partial charge in [-0.3, -0.25) is 9.59 Å². The number of esters is 1. The summed E-state index contributed by atoms with van der Waals surface area (Å²) in [5.41, 5.74) is 12.3. The topological polar surface area (TPSA) is 119 Å². The summed E-state index contributed by atoms with van der Waals surface area (Å²) in [6.07, 6.45) is 1.22. The van der Waals surface area contributed by atoms with Crippen LogP contribution in [-0.4, -0.2) is 18.0 Å². The van der Waals surface area contributed by atoms with Crippen LogP contribution >= 0.6 is 0 Å². The van der Waals surface area contributed by atoms with Gasteiger partial charge in [-0.15, -0.1) is 0 Å². The molecule has 114 valence electrons. The van der Waals surface area contributed by atoms with Gasteiger partial charge < -0.3 is 26.8 Å². The van der Waals surface area contributed by atoms with Crippen LogP contribution in [0.25, 0.3) is 0 Å². The van der Waals surface area contributed by atoms with Gasteiger partial charge in [-0.2, -0.15) is 0 Å². The fourth-order valence-corrected chi connectivity index (χ4v) is 1.54. The number of rotatable bonds is 5. The summed E-state index contributed by atoms with van der Waals surface area (Å²) < 4.78 is 4.99. The Labute approximate surface area is 123 Å². The van der Waals surface area contributed by atoms with Gasteiger partial charge >= 0.3 is 5.97 Å². The van der Waals surface area contributed by atoms with Crippen LogP contribution in [0.2, 0.25) is 0 Å². The van der Waals surface area contributed by atoms with Crippen LogP contribution in [0, 0.1) is 0 Å². The van der Waals surface area contributed by atoms with Crippen molar-refractivity contribution in [3.8, 4) is 5.75 Å². The molecule has 1 aromatic carbocycles. The summed E-state index contributed by atoms with van der Waals surface area (Å²) in [6.45, 7) is 4.73. The first-order chi connectivity index (χ1) is 9.79. The van der Waals surface area contributed by atoms with E-state index in [1.807, 2.05) is 0 Å². The third kappa shape index (κ3) is 5.43. The molecular formula is C14H20N4O3. The number of anilines is 1. The number of carbonyl (C=O) groups is 2.